The molecule has 0 bridgehead atoms. The number of furan rings is 1. The Labute approximate surface area is 165 Å². The van der Waals surface area contributed by atoms with Gasteiger partial charge < -0.3 is 19.2 Å². The molecule has 0 aliphatic heterocycles. The van der Waals surface area contributed by atoms with Crippen LogP contribution < -0.4 is 14.8 Å². The van der Waals surface area contributed by atoms with Crippen molar-refractivity contribution < 1.29 is 18.7 Å². The summed E-state index contributed by atoms with van der Waals surface area (Å²) in [5.74, 6) is 1.84. The van der Waals surface area contributed by atoms with E-state index in [2.05, 4.69) is 38.2 Å². The Kier molecular flexibility index (Phi) is 5.73. The highest BCUT2D eigenvalue weighted by Crippen LogP contribution is 2.29. The van der Waals surface area contributed by atoms with E-state index in [9.17, 15) is 4.79 Å². The first-order valence-corrected chi connectivity index (χ1v) is 9.10. The normalized spacial score (nSPS) is 10.6. The van der Waals surface area contributed by atoms with Crippen LogP contribution in [0.5, 0.6) is 11.5 Å². The number of aryl methyl sites for hydroxylation is 3. The Morgan fingerprint density at radius 1 is 0.964 bits per heavy atom. The van der Waals surface area contributed by atoms with Crippen LogP contribution in [0.25, 0.3) is 0 Å². The van der Waals surface area contributed by atoms with Crippen molar-refractivity contribution in [1.82, 2.24) is 0 Å². The molecule has 0 unspecified atom stereocenters. The molecule has 1 heterocycles. The number of methoxy groups -OCH3 is 2. The molecule has 0 radical (unpaired) electrons. The number of rotatable bonds is 6. The third-order valence-electron chi connectivity index (χ3n) is 4.73. The smallest absolute Gasteiger partial charge is 0.291 e. The maximum absolute atomic E-state index is 12.6. The van der Waals surface area contributed by atoms with E-state index in [0.717, 1.165) is 5.76 Å². The number of hydrogen-bond donors (Lipinski definition) is 1. The van der Waals surface area contributed by atoms with Gasteiger partial charge in [-0.3, -0.25) is 4.79 Å². The van der Waals surface area contributed by atoms with Gasteiger partial charge in [-0.15, -0.1) is 0 Å². The summed E-state index contributed by atoms with van der Waals surface area (Å²) in [5, 5.41) is 2.82. The van der Waals surface area contributed by atoms with Crippen molar-refractivity contribution >= 4 is 11.6 Å². The van der Waals surface area contributed by atoms with Crippen LogP contribution in [0, 0.1) is 20.8 Å². The van der Waals surface area contributed by atoms with Gasteiger partial charge in [-0.25, -0.2) is 0 Å². The number of benzene rings is 2. The topological polar surface area (TPSA) is 60.7 Å². The van der Waals surface area contributed by atoms with Gasteiger partial charge in [0.05, 0.1) is 19.9 Å². The number of hydrogen-bond acceptors (Lipinski definition) is 4. The lowest BCUT2D eigenvalue weighted by Crippen LogP contribution is -2.12. The average Bonchev–Trinajstić information content (AvgIpc) is 3.13. The SMILES string of the molecule is COc1ccc(OC)c(NC(=O)c2ccc(Cc3c(C)cc(C)cc3C)o2)c1. The summed E-state index contributed by atoms with van der Waals surface area (Å²) in [4.78, 5) is 12.6. The summed E-state index contributed by atoms with van der Waals surface area (Å²) in [7, 11) is 3.12. The molecule has 0 spiro atoms. The fourth-order valence-electron chi connectivity index (χ4n) is 3.35. The van der Waals surface area contributed by atoms with E-state index in [4.69, 9.17) is 13.9 Å². The molecule has 3 aromatic rings. The van der Waals surface area contributed by atoms with Gasteiger partial charge in [-0.1, -0.05) is 17.7 Å². The lowest BCUT2D eigenvalue weighted by Gasteiger charge is -2.11. The van der Waals surface area contributed by atoms with Crippen molar-refractivity contribution in [2.75, 3.05) is 19.5 Å². The highest BCUT2D eigenvalue weighted by Gasteiger charge is 2.16. The number of carbonyl (C=O) groups is 1. The lowest BCUT2D eigenvalue weighted by atomic mass is 9.97. The van der Waals surface area contributed by atoms with Crippen LogP contribution in [0.2, 0.25) is 0 Å². The standard InChI is InChI=1S/C23H25NO4/c1-14-10-15(2)19(16(3)11-14)12-18-7-9-22(28-18)23(25)24-20-13-17(26-4)6-8-21(20)27-5/h6-11,13H,12H2,1-5H3,(H,24,25). The highest BCUT2D eigenvalue weighted by molar-refractivity contribution is 6.03. The molecule has 1 aromatic heterocycles. The van der Waals surface area contributed by atoms with Gasteiger partial charge in [0, 0.05) is 12.5 Å². The van der Waals surface area contributed by atoms with Crippen LogP contribution in [-0.2, 0) is 6.42 Å². The predicted octanol–water partition coefficient (Wildman–Crippen LogP) is 5.07. The second kappa shape index (κ2) is 8.21. The predicted molar refractivity (Wildman–Crippen MR) is 110 cm³/mol. The van der Waals surface area contributed by atoms with E-state index in [1.165, 1.54) is 22.3 Å². The molecular formula is C23H25NO4. The summed E-state index contributed by atoms with van der Waals surface area (Å²) in [6.45, 7) is 6.29. The van der Waals surface area contributed by atoms with Crippen molar-refractivity contribution in [2.45, 2.75) is 27.2 Å². The Hall–Kier alpha value is -3.21. The number of ether oxygens (including phenoxy) is 2. The van der Waals surface area contributed by atoms with Crippen LogP contribution in [0.15, 0.2) is 46.9 Å². The summed E-state index contributed by atoms with van der Waals surface area (Å²) in [6, 6.07) is 13.1. The Morgan fingerprint density at radius 2 is 1.68 bits per heavy atom. The number of anilines is 1. The third kappa shape index (κ3) is 4.19. The fraction of sp³-hybridized carbons (Fsp3) is 0.261. The molecule has 146 valence electrons. The van der Waals surface area contributed by atoms with E-state index in [0.29, 0.717) is 23.6 Å². The Balaban J connectivity index is 1.78. The average molecular weight is 379 g/mol. The van der Waals surface area contributed by atoms with Gasteiger partial charge in [0.15, 0.2) is 5.76 Å². The van der Waals surface area contributed by atoms with Gasteiger partial charge in [0.2, 0.25) is 0 Å². The van der Waals surface area contributed by atoms with E-state index < -0.39 is 0 Å². The molecule has 0 aliphatic rings. The van der Waals surface area contributed by atoms with Crippen LogP contribution in [-0.4, -0.2) is 20.1 Å². The molecule has 0 aliphatic carbocycles. The molecule has 5 heteroatoms. The summed E-state index contributed by atoms with van der Waals surface area (Å²) >= 11 is 0. The molecule has 1 amide bonds. The minimum absolute atomic E-state index is 0.252. The van der Waals surface area contributed by atoms with Gasteiger partial charge >= 0.3 is 0 Å². The second-order valence-electron chi connectivity index (χ2n) is 6.84. The fourth-order valence-corrected chi connectivity index (χ4v) is 3.35. The molecule has 3 rings (SSSR count). The molecule has 2 aromatic carbocycles. The highest BCUT2D eigenvalue weighted by atomic mass is 16.5. The minimum Gasteiger partial charge on any atom is -0.497 e. The third-order valence-corrected chi connectivity index (χ3v) is 4.73. The number of nitrogens with one attached hydrogen (secondary N) is 1. The van der Waals surface area contributed by atoms with Crippen molar-refractivity contribution in [3.63, 3.8) is 0 Å². The molecule has 28 heavy (non-hydrogen) atoms. The molecule has 1 N–H and O–H groups in total. The Morgan fingerprint density at radius 3 is 2.32 bits per heavy atom. The van der Waals surface area contributed by atoms with E-state index in [1.54, 1.807) is 38.5 Å². The van der Waals surface area contributed by atoms with Crippen LogP contribution in [0.1, 0.15) is 38.6 Å². The van der Waals surface area contributed by atoms with Gasteiger partial charge in [-0.2, -0.15) is 0 Å². The lowest BCUT2D eigenvalue weighted by molar-refractivity contribution is 0.0994. The van der Waals surface area contributed by atoms with Crippen molar-refractivity contribution in [1.29, 1.82) is 0 Å². The first kappa shape index (κ1) is 19.5. The molecule has 0 saturated carbocycles. The van der Waals surface area contributed by atoms with Gasteiger partial charge in [0.1, 0.15) is 17.3 Å². The Bertz CT molecular complexity index is 981. The monoisotopic (exact) mass is 379 g/mol. The molecule has 5 nitrogen and oxygen atoms in total. The van der Waals surface area contributed by atoms with E-state index in [-0.39, 0.29) is 11.7 Å². The molecule has 0 atom stereocenters. The van der Waals surface area contributed by atoms with Gasteiger partial charge in [0.25, 0.3) is 5.91 Å². The summed E-state index contributed by atoms with van der Waals surface area (Å²) in [5.41, 5.74) is 5.43. The second-order valence-corrected chi connectivity index (χ2v) is 6.84. The summed E-state index contributed by atoms with van der Waals surface area (Å²) < 4.78 is 16.3. The number of amides is 1. The minimum atomic E-state index is -0.338. The van der Waals surface area contributed by atoms with Crippen LogP contribution in [0.3, 0.4) is 0 Å². The zero-order chi connectivity index (χ0) is 20.3. The maximum Gasteiger partial charge on any atom is 0.291 e. The van der Waals surface area contributed by atoms with Crippen molar-refractivity contribution in [2.24, 2.45) is 0 Å². The van der Waals surface area contributed by atoms with Crippen molar-refractivity contribution in [3.05, 3.63) is 76.2 Å². The van der Waals surface area contributed by atoms with E-state index in [1.807, 2.05) is 6.07 Å². The zero-order valence-corrected chi connectivity index (χ0v) is 16.9. The quantitative estimate of drug-likeness (QED) is 0.650. The largest absolute Gasteiger partial charge is 0.497 e. The zero-order valence-electron chi connectivity index (χ0n) is 16.9. The van der Waals surface area contributed by atoms with Crippen molar-refractivity contribution in [3.8, 4) is 11.5 Å². The van der Waals surface area contributed by atoms with Crippen LogP contribution in [0.4, 0.5) is 5.69 Å². The van der Waals surface area contributed by atoms with Crippen LogP contribution >= 0.6 is 0 Å². The summed E-state index contributed by atoms with van der Waals surface area (Å²) in [6.07, 6.45) is 0.647. The molecule has 0 fully saturated rings. The first-order chi connectivity index (χ1) is 13.4. The number of carbonyl (C=O) groups excluding carboxylic acids is 1. The maximum atomic E-state index is 12.6. The van der Waals surface area contributed by atoms with E-state index >= 15 is 0 Å². The molecular weight excluding hydrogens is 354 g/mol. The molecule has 0 saturated heterocycles. The van der Waals surface area contributed by atoms with Gasteiger partial charge in [-0.05, 0) is 61.7 Å². The first-order valence-electron chi connectivity index (χ1n) is 9.10.